The molecule has 174 valence electrons. The number of hydrogen-bond acceptors (Lipinski definition) is 7. The van der Waals surface area contributed by atoms with E-state index in [2.05, 4.69) is 56.6 Å². The third-order valence-corrected chi connectivity index (χ3v) is 6.83. The number of ether oxygens (including phenoxy) is 1. The van der Waals surface area contributed by atoms with Gasteiger partial charge < -0.3 is 25.2 Å². The quantitative estimate of drug-likeness (QED) is 0.600. The highest BCUT2D eigenvalue weighted by Crippen LogP contribution is 2.35. The van der Waals surface area contributed by atoms with Crippen LogP contribution in [0.4, 0.5) is 11.6 Å². The van der Waals surface area contributed by atoms with Crippen LogP contribution < -0.4 is 20.3 Å². The van der Waals surface area contributed by atoms with Gasteiger partial charge in [-0.15, -0.1) is 0 Å². The van der Waals surface area contributed by atoms with E-state index in [9.17, 15) is 0 Å². The molecule has 0 saturated carbocycles. The number of likely N-dealkylation sites (N-methyl/N-ethyl adjacent to an activating group) is 1. The molecule has 0 bridgehead atoms. The molecule has 2 aliphatic heterocycles. The molecule has 33 heavy (non-hydrogen) atoms. The van der Waals surface area contributed by atoms with Gasteiger partial charge in [-0.3, -0.25) is 0 Å². The molecular formula is C26H34N6O. The minimum absolute atomic E-state index is 0.398. The SMILES string of the molecule is CCN1CCCC(Nc2nccc(-c3cc(N4CCNCC4)c4cc(OC)ccc4c3)n2)C1. The fraction of sp³-hybridized carbons (Fsp3) is 0.462. The second-order valence-corrected chi connectivity index (χ2v) is 8.96. The van der Waals surface area contributed by atoms with Gasteiger partial charge in [0.15, 0.2) is 0 Å². The minimum Gasteiger partial charge on any atom is -0.497 e. The molecule has 1 aromatic heterocycles. The molecule has 5 rings (SSSR count). The standard InChI is InChI=1S/C26H34N6O/c1-3-31-12-4-5-21(18-31)29-26-28-9-8-24(30-26)20-15-19-6-7-22(33-2)17-23(19)25(16-20)32-13-10-27-11-14-32/h6-9,15-17,21,27H,3-5,10-14,18H2,1-2H3,(H,28,29,30). The first-order chi connectivity index (χ1) is 16.2. The number of nitrogens with one attached hydrogen (secondary N) is 2. The van der Waals surface area contributed by atoms with Gasteiger partial charge in [0.2, 0.25) is 5.95 Å². The number of piperidine rings is 1. The average Bonchev–Trinajstić information content (AvgIpc) is 2.88. The van der Waals surface area contributed by atoms with Crippen molar-refractivity contribution in [2.45, 2.75) is 25.8 Å². The third kappa shape index (κ3) is 4.89. The number of nitrogens with zero attached hydrogens (tertiary/aromatic N) is 4. The lowest BCUT2D eigenvalue weighted by Gasteiger charge is -2.32. The molecule has 1 atom stereocenters. The van der Waals surface area contributed by atoms with E-state index in [1.807, 2.05) is 18.3 Å². The molecular weight excluding hydrogens is 412 g/mol. The summed E-state index contributed by atoms with van der Waals surface area (Å²) in [4.78, 5) is 14.4. The molecule has 0 amide bonds. The van der Waals surface area contributed by atoms with Crippen LogP contribution in [0.5, 0.6) is 5.75 Å². The largest absolute Gasteiger partial charge is 0.497 e. The minimum atomic E-state index is 0.398. The number of benzene rings is 2. The summed E-state index contributed by atoms with van der Waals surface area (Å²) in [5.41, 5.74) is 3.30. The Labute approximate surface area is 196 Å². The van der Waals surface area contributed by atoms with E-state index in [-0.39, 0.29) is 0 Å². The first kappa shape index (κ1) is 21.9. The third-order valence-electron chi connectivity index (χ3n) is 6.83. The van der Waals surface area contributed by atoms with Crippen molar-refractivity contribution in [1.29, 1.82) is 0 Å². The number of rotatable bonds is 6. The molecule has 0 radical (unpaired) electrons. The average molecular weight is 447 g/mol. The maximum absolute atomic E-state index is 5.52. The summed E-state index contributed by atoms with van der Waals surface area (Å²) in [5.74, 6) is 1.60. The zero-order chi connectivity index (χ0) is 22.6. The van der Waals surface area contributed by atoms with Crippen LogP contribution in [-0.4, -0.2) is 73.8 Å². The first-order valence-corrected chi connectivity index (χ1v) is 12.1. The topological polar surface area (TPSA) is 65.5 Å². The number of fused-ring (bicyclic) bond motifs is 1. The van der Waals surface area contributed by atoms with Crippen molar-refractivity contribution >= 4 is 22.4 Å². The van der Waals surface area contributed by atoms with Crippen molar-refractivity contribution in [3.63, 3.8) is 0 Å². The number of anilines is 2. The lowest BCUT2D eigenvalue weighted by Crippen LogP contribution is -2.43. The normalized spacial score (nSPS) is 19.6. The molecule has 2 aliphatic rings. The number of methoxy groups -OCH3 is 1. The summed E-state index contributed by atoms with van der Waals surface area (Å²) in [6.07, 6.45) is 4.25. The number of likely N-dealkylation sites (tertiary alicyclic amines) is 1. The highest BCUT2D eigenvalue weighted by atomic mass is 16.5. The Morgan fingerprint density at radius 3 is 2.82 bits per heavy atom. The van der Waals surface area contributed by atoms with E-state index >= 15 is 0 Å². The monoisotopic (exact) mass is 446 g/mol. The van der Waals surface area contributed by atoms with E-state index < -0.39 is 0 Å². The Morgan fingerprint density at radius 1 is 1.12 bits per heavy atom. The maximum atomic E-state index is 5.52. The molecule has 3 heterocycles. The number of aromatic nitrogens is 2. The summed E-state index contributed by atoms with van der Waals surface area (Å²) in [6.45, 7) is 9.52. The summed E-state index contributed by atoms with van der Waals surface area (Å²) >= 11 is 0. The predicted octanol–water partition coefficient (Wildman–Crippen LogP) is 3.61. The van der Waals surface area contributed by atoms with Crippen molar-refractivity contribution in [2.75, 3.05) is 63.1 Å². The Morgan fingerprint density at radius 2 is 2.00 bits per heavy atom. The van der Waals surface area contributed by atoms with E-state index in [0.717, 1.165) is 62.7 Å². The molecule has 0 aliphatic carbocycles. The molecule has 2 fully saturated rings. The van der Waals surface area contributed by atoms with Gasteiger partial charge in [0.1, 0.15) is 5.75 Å². The zero-order valence-electron chi connectivity index (χ0n) is 19.7. The second kappa shape index (κ2) is 9.93. The van der Waals surface area contributed by atoms with Gasteiger partial charge in [-0.25, -0.2) is 9.97 Å². The molecule has 7 heteroatoms. The number of piperazine rings is 1. The summed E-state index contributed by atoms with van der Waals surface area (Å²) in [5, 5.41) is 9.45. The van der Waals surface area contributed by atoms with Gasteiger partial charge in [0, 0.05) is 61.6 Å². The summed E-state index contributed by atoms with van der Waals surface area (Å²) in [6, 6.07) is 13.2. The fourth-order valence-corrected chi connectivity index (χ4v) is 4.99. The highest BCUT2D eigenvalue weighted by Gasteiger charge is 2.20. The fourth-order valence-electron chi connectivity index (χ4n) is 4.99. The smallest absolute Gasteiger partial charge is 0.223 e. The van der Waals surface area contributed by atoms with E-state index in [0.29, 0.717) is 12.0 Å². The number of hydrogen-bond donors (Lipinski definition) is 2. The summed E-state index contributed by atoms with van der Waals surface area (Å²) in [7, 11) is 1.72. The van der Waals surface area contributed by atoms with Crippen LogP contribution in [0, 0.1) is 0 Å². The molecule has 3 aromatic rings. The zero-order valence-corrected chi connectivity index (χ0v) is 19.7. The molecule has 2 aromatic carbocycles. The van der Waals surface area contributed by atoms with Crippen LogP contribution in [0.2, 0.25) is 0 Å². The van der Waals surface area contributed by atoms with Gasteiger partial charge in [-0.1, -0.05) is 13.0 Å². The highest BCUT2D eigenvalue weighted by molar-refractivity contribution is 5.98. The van der Waals surface area contributed by atoms with Gasteiger partial charge in [-0.2, -0.15) is 0 Å². The Hall–Kier alpha value is -2.90. The summed E-state index contributed by atoms with van der Waals surface area (Å²) < 4.78 is 5.52. The molecule has 2 saturated heterocycles. The lowest BCUT2D eigenvalue weighted by molar-refractivity contribution is 0.226. The van der Waals surface area contributed by atoms with Crippen LogP contribution in [0.3, 0.4) is 0 Å². The van der Waals surface area contributed by atoms with E-state index in [1.54, 1.807) is 7.11 Å². The van der Waals surface area contributed by atoms with Crippen LogP contribution in [0.1, 0.15) is 19.8 Å². The predicted molar refractivity (Wildman–Crippen MR) is 135 cm³/mol. The van der Waals surface area contributed by atoms with Crippen molar-refractivity contribution in [1.82, 2.24) is 20.2 Å². The van der Waals surface area contributed by atoms with Crippen LogP contribution in [-0.2, 0) is 0 Å². The molecule has 0 spiro atoms. The van der Waals surface area contributed by atoms with Crippen molar-refractivity contribution in [3.8, 4) is 17.0 Å². The van der Waals surface area contributed by atoms with Crippen molar-refractivity contribution in [3.05, 3.63) is 42.6 Å². The van der Waals surface area contributed by atoms with Gasteiger partial charge >= 0.3 is 0 Å². The van der Waals surface area contributed by atoms with Gasteiger partial charge in [-0.05, 0) is 61.6 Å². The first-order valence-electron chi connectivity index (χ1n) is 12.1. The van der Waals surface area contributed by atoms with Crippen LogP contribution in [0.15, 0.2) is 42.6 Å². The van der Waals surface area contributed by atoms with Gasteiger partial charge in [0.05, 0.1) is 12.8 Å². The van der Waals surface area contributed by atoms with E-state index in [1.165, 1.54) is 29.4 Å². The molecule has 7 nitrogen and oxygen atoms in total. The van der Waals surface area contributed by atoms with Crippen molar-refractivity contribution in [2.24, 2.45) is 0 Å². The van der Waals surface area contributed by atoms with Gasteiger partial charge in [0.25, 0.3) is 0 Å². The lowest BCUT2D eigenvalue weighted by atomic mass is 10.0. The Bertz CT molecular complexity index is 1100. The Balaban J connectivity index is 1.48. The molecule has 1 unspecified atom stereocenters. The van der Waals surface area contributed by atoms with E-state index in [4.69, 9.17) is 9.72 Å². The van der Waals surface area contributed by atoms with Crippen molar-refractivity contribution < 1.29 is 4.74 Å². The van der Waals surface area contributed by atoms with Crippen LogP contribution >= 0.6 is 0 Å². The molecule has 2 N–H and O–H groups in total. The Kier molecular flexibility index (Phi) is 6.60. The maximum Gasteiger partial charge on any atom is 0.223 e. The van der Waals surface area contributed by atoms with Crippen LogP contribution in [0.25, 0.3) is 22.0 Å². The second-order valence-electron chi connectivity index (χ2n) is 8.96.